The van der Waals surface area contributed by atoms with Crippen molar-refractivity contribution in [3.63, 3.8) is 0 Å². The van der Waals surface area contributed by atoms with Gasteiger partial charge in [0.05, 0.1) is 28.6 Å². The first-order valence-electron chi connectivity index (χ1n) is 9.87. The average Bonchev–Trinajstić information content (AvgIpc) is 3.10. The molecule has 1 amide bonds. The number of carbonyl (C=O) groups excluding carboxylic acids is 1. The summed E-state index contributed by atoms with van der Waals surface area (Å²) in [6.45, 7) is 2.60. The zero-order chi connectivity index (χ0) is 20.5. The second-order valence-corrected chi connectivity index (χ2v) is 8.64. The summed E-state index contributed by atoms with van der Waals surface area (Å²) >= 11 is 12.1. The molecule has 2 unspecified atom stereocenters. The Balaban J connectivity index is 1.59. The fourth-order valence-electron chi connectivity index (χ4n) is 4.38. The number of amides is 1. The van der Waals surface area contributed by atoms with Crippen LogP contribution in [0.2, 0.25) is 10.0 Å². The van der Waals surface area contributed by atoms with Gasteiger partial charge in [-0.3, -0.25) is 9.69 Å². The van der Waals surface area contributed by atoms with Crippen LogP contribution in [0.3, 0.4) is 0 Å². The van der Waals surface area contributed by atoms with Crippen LogP contribution < -0.4 is 0 Å². The monoisotopic (exact) mass is 434 g/mol. The third-order valence-corrected chi connectivity index (χ3v) is 6.60. The van der Waals surface area contributed by atoms with Crippen molar-refractivity contribution in [2.75, 3.05) is 26.2 Å². The summed E-state index contributed by atoms with van der Waals surface area (Å²) < 4.78 is 0. The minimum atomic E-state index is -0.317. The van der Waals surface area contributed by atoms with Crippen molar-refractivity contribution in [3.8, 4) is 5.75 Å². The van der Waals surface area contributed by atoms with Crippen LogP contribution in [0.5, 0.6) is 5.75 Å². The molecule has 2 atom stereocenters. The number of nitrogens with zero attached hydrogens (tertiary/aromatic N) is 2. The zero-order valence-electron chi connectivity index (χ0n) is 16.0. The molecule has 0 saturated carbocycles. The highest BCUT2D eigenvalue weighted by molar-refractivity contribution is 6.42. The second kappa shape index (κ2) is 8.52. The normalized spacial score (nSPS) is 22.0. The van der Waals surface area contributed by atoms with Gasteiger partial charge in [-0.2, -0.15) is 0 Å². The number of phenolic OH excluding ortho intramolecular Hbond substituents is 1. The van der Waals surface area contributed by atoms with Crippen LogP contribution in [0.1, 0.15) is 29.2 Å². The predicted molar refractivity (Wildman–Crippen MR) is 113 cm³/mol. The minimum absolute atomic E-state index is 0.0159. The van der Waals surface area contributed by atoms with E-state index in [0.717, 1.165) is 29.7 Å². The number of benzene rings is 2. The van der Waals surface area contributed by atoms with Crippen LogP contribution in [0.25, 0.3) is 0 Å². The molecule has 154 valence electrons. The first-order chi connectivity index (χ1) is 13.9. The standard InChI is InChI=1S/C22H24Cl2N2O3/c23-18-5-4-14(10-19(18)24)11-22(29)26-9-7-17-16(2-1-3-21(17)28)20(26)13-25-8-6-15(27)12-25/h1-5,10,15,20,27-28H,6-9,11-13H2. The molecule has 0 radical (unpaired) electrons. The first-order valence-corrected chi connectivity index (χ1v) is 10.6. The van der Waals surface area contributed by atoms with E-state index in [1.165, 1.54) is 0 Å². The topological polar surface area (TPSA) is 64.0 Å². The number of β-amino-alcohol motifs (C(OH)–C–C–N with tert-alkyl or cyclic N) is 1. The SMILES string of the molecule is O=C(Cc1ccc(Cl)c(Cl)c1)N1CCc2c(O)cccc2C1CN1CCC(O)C1. The van der Waals surface area contributed by atoms with E-state index in [4.69, 9.17) is 23.2 Å². The number of aromatic hydroxyl groups is 1. The molecule has 2 heterocycles. The number of phenols is 1. The van der Waals surface area contributed by atoms with Crippen molar-refractivity contribution in [2.24, 2.45) is 0 Å². The van der Waals surface area contributed by atoms with Crippen molar-refractivity contribution in [1.29, 1.82) is 0 Å². The van der Waals surface area contributed by atoms with Crippen LogP contribution in [0.4, 0.5) is 0 Å². The van der Waals surface area contributed by atoms with E-state index < -0.39 is 0 Å². The highest BCUT2D eigenvalue weighted by atomic mass is 35.5. The van der Waals surface area contributed by atoms with Gasteiger partial charge in [-0.1, -0.05) is 41.4 Å². The van der Waals surface area contributed by atoms with E-state index in [2.05, 4.69) is 4.90 Å². The molecule has 0 spiro atoms. The number of fused-ring (bicyclic) bond motifs is 1. The molecule has 1 saturated heterocycles. The predicted octanol–water partition coefficient (Wildman–Crippen LogP) is 3.43. The molecule has 4 rings (SSSR count). The molecule has 2 aromatic carbocycles. The molecule has 1 fully saturated rings. The van der Waals surface area contributed by atoms with Crippen LogP contribution in [0.15, 0.2) is 36.4 Å². The lowest BCUT2D eigenvalue weighted by Crippen LogP contribution is -2.45. The van der Waals surface area contributed by atoms with E-state index in [1.54, 1.807) is 18.2 Å². The van der Waals surface area contributed by atoms with E-state index >= 15 is 0 Å². The highest BCUT2D eigenvalue weighted by Crippen LogP contribution is 2.36. The van der Waals surface area contributed by atoms with Crippen LogP contribution >= 0.6 is 23.2 Å². The zero-order valence-corrected chi connectivity index (χ0v) is 17.5. The minimum Gasteiger partial charge on any atom is -0.508 e. The fraction of sp³-hybridized carbons (Fsp3) is 0.409. The van der Waals surface area contributed by atoms with Crippen LogP contribution in [-0.2, 0) is 17.6 Å². The molecule has 2 aromatic rings. The lowest BCUT2D eigenvalue weighted by molar-refractivity contribution is -0.133. The van der Waals surface area contributed by atoms with Gasteiger partial charge < -0.3 is 15.1 Å². The summed E-state index contributed by atoms with van der Waals surface area (Å²) in [4.78, 5) is 17.3. The lowest BCUT2D eigenvalue weighted by atomic mass is 9.91. The molecule has 7 heteroatoms. The molecule has 2 N–H and O–H groups in total. The fourth-order valence-corrected chi connectivity index (χ4v) is 4.70. The Morgan fingerprint density at radius 1 is 1.14 bits per heavy atom. The summed E-state index contributed by atoms with van der Waals surface area (Å²) in [6, 6.07) is 10.6. The third-order valence-electron chi connectivity index (χ3n) is 5.86. The number of carbonyl (C=O) groups is 1. The maximum Gasteiger partial charge on any atom is 0.227 e. The summed E-state index contributed by atoms with van der Waals surface area (Å²) in [6.07, 6.45) is 1.29. The van der Waals surface area contributed by atoms with E-state index in [9.17, 15) is 15.0 Å². The maximum absolute atomic E-state index is 13.2. The number of hydrogen-bond acceptors (Lipinski definition) is 4. The Kier molecular flexibility index (Phi) is 6.02. The van der Waals surface area contributed by atoms with Crippen molar-refractivity contribution in [1.82, 2.24) is 9.80 Å². The van der Waals surface area contributed by atoms with Gasteiger partial charge in [-0.25, -0.2) is 0 Å². The van der Waals surface area contributed by atoms with Gasteiger partial charge in [0.1, 0.15) is 5.75 Å². The third kappa shape index (κ3) is 4.38. The lowest BCUT2D eigenvalue weighted by Gasteiger charge is -2.39. The molecule has 2 aliphatic heterocycles. The van der Waals surface area contributed by atoms with E-state index in [-0.39, 0.29) is 30.2 Å². The van der Waals surface area contributed by atoms with Crippen molar-refractivity contribution in [3.05, 3.63) is 63.1 Å². The van der Waals surface area contributed by atoms with E-state index in [0.29, 0.717) is 36.1 Å². The molecule has 2 aliphatic rings. The summed E-state index contributed by atoms with van der Waals surface area (Å²) in [7, 11) is 0. The van der Waals surface area contributed by atoms with Gasteiger partial charge in [0.15, 0.2) is 0 Å². The Morgan fingerprint density at radius 2 is 1.97 bits per heavy atom. The van der Waals surface area contributed by atoms with Crippen LogP contribution in [0, 0.1) is 0 Å². The molecule has 0 bridgehead atoms. The quantitative estimate of drug-likeness (QED) is 0.773. The maximum atomic E-state index is 13.2. The highest BCUT2D eigenvalue weighted by Gasteiger charge is 2.34. The molecule has 29 heavy (non-hydrogen) atoms. The number of aliphatic hydroxyl groups is 1. The Hall–Kier alpha value is -1.79. The number of rotatable bonds is 4. The summed E-state index contributed by atoms with van der Waals surface area (Å²) in [5.74, 6) is 0.299. The Bertz CT molecular complexity index is 921. The van der Waals surface area contributed by atoms with Crippen molar-refractivity contribution in [2.45, 2.75) is 31.4 Å². The number of likely N-dealkylation sites (tertiary alicyclic amines) is 1. The smallest absolute Gasteiger partial charge is 0.227 e. The molecular formula is C22H24Cl2N2O3. The molecule has 5 nitrogen and oxygen atoms in total. The molecular weight excluding hydrogens is 411 g/mol. The second-order valence-electron chi connectivity index (χ2n) is 7.83. The summed E-state index contributed by atoms with van der Waals surface area (Å²) in [5, 5.41) is 21.1. The number of hydrogen-bond donors (Lipinski definition) is 2. The number of aliphatic hydroxyl groups excluding tert-OH is 1. The number of halogens is 2. The largest absolute Gasteiger partial charge is 0.508 e. The molecule has 0 aliphatic carbocycles. The van der Waals surface area contributed by atoms with E-state index in [1.807, 2.05) is 23.1 Å². The Labute approximate surface area is 180 Å². The first kappa shape index (κ1) is 20.5. The van der Waals surface area contributed by atoms with Gasteiger partial charge in [-0.05, 0) is 42.2 Å². The average molecular weight is 435 g/mol. The Morgan fingerprint density at radius 3 is 2.69 bits per heavy atom. The van der Waals surface area contributed by atoms with Gasteiger partial charge in [0.2, 0.25) is 5.91 Å². The summed E-state index contributed by atoms with van der Waals surface area (Å²) in [5.41, 5.74) is 2.72. The van der Waals surface area contributed by atoms with Gasteiger partial charge >= 0.3 is 0 Å². The molecule has 0 aromatic heterocycles. The van der Waals surface area contributed by atoms with Crippen molar-refractivity contribution < 1.29 is 15.0 Å². The van der Waals surface area contributed by atoms with Crippen LogP contribution in [-0.4, -0.2) is 58.2 Å². The van der Waals surface area contributed by atoms with Gasteiger partial charge in [0, 0.05) is 31.7 Å². The van der Waals surface area contributed by atoms with Gasteiger partial charge in [0.25, 0.3) is 0 Å². The van der Waals surface area contributed by atoms with Gasteiger partial charge in [-0.15, -0.1) is 0 Å². The van der Waals surface area contributed by atoms with Crippen molar-refractivity contribution >= 4 is 29.1 Å².